The van der Waals surface area contributed by atoms with E-state index in [9.17, 15) is 0 Å². The molecule has 1 atom stereocenters. The third-order valence-corrected chi connectivity index (χ3v) is 7.05. The van der Waals surface area contributed by atoms with Crippen LogP contribution in [0.3, 0.4) is 0 Å². The van der Waals surface area contributed by atoms with Gasteiger partial charge in [-0.2, -0.15) is 0 Å². The second-order valence-electron chi connectivity index (χ2n) is 7.33. The first-order valence-electron chi connectivity index (χ1n) is 8.99. The molecule has 0 radical (unpaired) electrons. The van der Waals surface area contributed by atoms with Crippen LogP contribution in [0.25, 0.3) is 10.2 Å². The summed E-state index contributed by atoms with van der Waals surface area (Å²) >= 11 is 1.87. The predicted molar refractivity (Wildman–Crippen MR) is 93.2 cm³/mol. The first kappa shape index (κ1) is 14.2. The van der Waals surface area contributed by atoms with Crippen molar-refractivity contribution in [2.75, 3.05) is 11.9 Å². The van der Waals surface area contributed by atoms with Crippen LogP contribution in [0.5, 0.6) is 0 Å². The summed E-state index contributed by atoms with van der Waals surface area (Å²) in [5, 5.41) is 5.07. The van der Waals surface area contributed by atoms with Crippen LogP contribution in [0, 0.1) is 0 Å². The number of fused-ring (bicyclic) bond motifs is 3. The van der Waals surface area contributed by atoms with Gasteiger partial charge in [-0.25, -0.2) is 9.97 Å². The number of hydrogen-bond acceptors (Lipinski definition) is 5. The van der Waals surface area contributed by atoms with Crippen molar-refractivity contribution in [2.24, 2.45) is 0 Å². The van der Waals surface area contributed by atoms with Gasteiger partial charge in [-0.1, -0.05) is 12.8 Å². The van der Waals surface area contributed by atoms with Crippen molar-refractivity contribution in [1.82, 2.24) is 9.97 Å². The molecule has 0 bridgehead atoms. The molecule has 2 aromatic heterocycles. The average molecular weight is 329 g/mol. The third-order valence-electron chi connectivity index (χ3n) is 5.85. The first-order chi connectivity index (χ1) is 11.3. The van der Waals surface area contributed by atoms with E-state index in [0.29, 0.717) is 6.04 Å². The monoisotopic (exact) mass is 329 g/mol. The van der Waals surface area contributed by atoms with Gasteiger partial charge in [0.05, 0.1) is 11.0 Å². The van der Waals surface area contributed by atoms with Crippen molar-refractivity contribution < 1.29 is 4.74 Å². The van der Waals surface area contributed by atoms with Gasteiger partial charge in [-0.05, 0) is 50.5 Å². The van der Waals surface area contributed by atoms with Gasteiger partial charge < -0.3 is 10.1 Å². The lowest BCUT2D eigenvalue weighted by molar-refractivity contribution is -0.0767. The van der Waals surface area contributed by atoms with Crippen LogP contribution < -0.4 is 5.32 Å². The lowest BCUT2D eigenvalue weighted by atomic mass is 9.89. The van der Waals surface area contributed by atoms with Crippen molar-refractivity contribution in [3.8, 4) is 0 Å². The van der Waals surface area contributed by atoms with E-state index in [1.807, 2.05) is 11.3 Å². The van der Waals surface area contributed by atoms with Crippen LogP contribution in [0.4, 0.5) is 5.82 Å². The van der Waals surface area contributed by atoms with Crippen molar-refractivity contribution in [3.05, 3.63) is 16.8 Å². The van der Waals surface area contributed by atoms with Gasteiger partial charge in [0, 0.05) is 17.5 Å². The second kappa shape index (κ2) is 5.42. The van der Waals surface area contributed by atoms with E-state index in [-0.39, 0.29) is 5.60 Å². The SMILES string of the molecule is c1nc(NC2CCOC3(CCCC3)C2)c2c3c(sc2n1)CCC3. The summed E-state index contributed by atoms with van der Waals surface area (Å²) in [5.41, 5.74) is 1.66. The molecule has 0 amide bonds. The fourth-order valence-electron chi connectivity index (χ4n) is 4.75. The first-order valence-corrected chi connectivity index (χ1v) is 9.80. The van der Waals surface area contributed by atoms with E-state index in [1.165, 1.54) is 60.8 Å². The Balaban J connectivity index is 1.45. The highest BCUT2D eigenvalue weighted by Crippen LogP contribution is 2.42. The highest BCUT2D eigenvalue weighted by atomic mass is 32.1. The van der Waals surface area contributed by atoms with Crippen molar-refractivity contribution in [3.63, 3.8) is 0 Å². The van der Waals surface area contributed by atoms with Crippen LogP contribution in [0.15, 0.2) is 6.33 Å². The average Bonchev–Trinajstić information content (AvgIpc) is 3.24. The van der Waals surface area contributed by atoms with Gasteiger partial charge in [-0.15, -0.1) is 11.3 Å². The van der Waals surface area contributed by atoms with E-state index in [4.69, 9.17) is 4.74 Å². The Hall–Kier alpha value is -1.20. The number of ether oxygens (including phenoxy) is 1. The van der Waals surface area contributed by atoms with Crippen LogP contribution >= 0.6 is 11.3 Å². The van der Waals surface area contributed by atoms with Gasteiger partial charge in [0.2, 0.25) is 0 Å². The third kappa shape index (κ3) is 2.36. The molecule has 23 heavy (non-hydrogen) atoms. The smallest absolute Gasteiger partial charge is 0.138 e. The molecule has 3 heterocycles. The van der Waals surface area contributed by atoms with Gasteiger partial charge in [0.25, 0.3) is 0 Å². The topological polar surface area (TPSA) is 47.0 Å². The van der Waals surface area contributed by atoms with Gasteiger partial charge >= 0.3 is 0 Å². The molecule has 3 aliphatic rings. The number of nitrogens with zero attached hydrogens (tertiary/aromatic N) is 2. The molecule has 0 aromatic carbocycles. The molecule has 4 nitrogen and oxygen atoms in total. The van der Waals surface area contributed by atoms with Crippen molar-refractivity contribution in [2.45, 2.75) is 69.4 Å². The Morgan fingerprint density at radius 2 is 2.09 bits per heavy atom. The van der Waals surface area contributed by atoms with Gasteiger partial charge in [0.15, 0.2) is 0 Å². The maximum atomic E-state index is 6.17. The van der Waals surface area contributed by atoms with E-state index < -0.39 is 0 Å². The van der Waals surface area contributed by atoms with Gasteiger partial charge in [0.1, 0.15) is 17.0 Å². The summed E-state index contributed by atoms with van der Waals surface area (Å²) in [6.07, 6.45) is 12.7. The number of hydrogen-bond donors (Lipinski definition) is 1. The van der Waals surface area contributed by atoms with Crippen molar-refractivity contribution >= 4 is 27.4 Å². The minimum Gasteiger partial charge on any atom is -0.375 e. The number of anilines is 1. The Bertz CT molecular complexity index is 735. The van der Waals surface area contributed by atoms with Crippen molar-refractivity contribution in [1.29, 1.82) is 0 Å². The summed E-state index contributed by atoms with van der Waals surface area (Å²) in [4.78, 5) is 11.8. The minimum atomic E-state index is 0.151. The van der Waals surface area contributed by atoms with Crippen LogP contribution in [-0.2, 0) is 17.6 Å². The zero-order valence-electron chi connectivity index (χ0n) is 13.4. The highest BCUT2D eigenvalue weighted by molar-refractivity contribution is 7.19. The molecule has 2 fully saturated rings. The molecular weight excluding hydrogens is 306 g/mol. The van der Waals surface area contributed by atoms with Crippen LogP contribution in [0.2, 0.25) is 0 Å². The number of nitrogens with one attached hydrogen (secondary N) is 1. The molecule has 5 heteroatoms. The summed E-state index contributed by atoms with van der Waals surface area (Å²) < 4.78 is 6.17. The molecule has 1 spiro atoms. The Morgan fingerprint density at radius 1 is 1.17 bits per heavy atom. The Labute approximate surface area is 140 Å². The Morgan fingerprint density at radius 3 is 3.00 bits per heavy atom. The minimum absolute atomic E-state index is 0.151. The largest absolute Gasteiger partial charge is 0.375 e. The lowest BCUT2D eigenvalue weighted by Gasteiger charge is -2.38. The number of rotatable bonds is 2. The van der Waals surface area contributed by atoms with E-state index in [2.05, 4.69) is 15.3 Å². The molecule has 1 saturated heterocycles. The van der Waals surface area contributed by atoms with Crippen LogP contribution in [0.1, 0.15) is 55.4 Å². The number of thiophene rings is 1. The summed E-state index contributed by atoms with van der Waals surface area (Å²) in [5.74, 6) is 1.06. The fourth-order valence-corrected chi connectivity index (χ4v) is 5.98. The summed E-state index contributed by atoms with van der Waals surface area (Å²) in [6, 6.07) is 0.483. The maximum absolute atomic E-state index is 6.17. The second-order valence-corrected chi connectivity index (χ2v) is 8.42. The van der Waals surface area contributed by atoms with E-state index >= 15 is 0 Å². The zero-order chi connectivity index (χ0) is 15.3. The van der Waals surface area contributed by atoms with E-state index in [1.54, 1.807) is 6.33 Å². The molecule has 1 N–H and O–H groups in total. The molecule has 2 aromatic rings. The normalized spacial score (nSPS) is 26.0. The maximum Gasteiger partial charge on any atom is 0.138 e. The summed E-state index contributed by atoms with van der Waals surface area (Å²) in [6.45, 7) is 0.883. The Kier molecular flexibility index (Phi) is 3.34. The quantitative estimate of drug-likeness (QED) is 0.902. The summed E-state index contributed by atoms with van der Waals surface area (Å²) in [7, 11) is 0. The predicted octanol–water partition coefficient (Wildman–Crippen LogP) is 4.08. The molecular formula is C18H23N3OS. The zero-order valence-corrected chi connectivity index (χ0v) is 14.3. The molecule has 1 saturated carbocycles. The standard InChI is InChI=1S/C18H23N3OS/c1-2-8-18(7-1)10-12(6-9-22-18)21-16-15-13-4-3-5-14(13)23-17(15)20-11-19-16/h11-12H,1-10H2,(H,19,20,21). The molecule has 1 aliphatic heterocycles. The fraction of sp³-hybridized carbons (Fsp3) is 0.667. The molecule has 5 rings (SSSR count). The number of aromatic nitrogens is 2. The highest BCUT2D eigenvalue weighted by Gasteiger charge is 2.40. The molecule has 2 aliphatic carbocycles. The van der Waals surface area contributed by atoms with Crippen LogP contribution in [-0.4, -0.2) is 28.2 Å². The molecule has 122 valence electrons. The van der Waals surface area contributed by atoms with Gasteiger partial charge in [-0.3, -0.25) is 0 Å². The molecule has 1 unspecified atom stereocenters. The lowest BCUT2D eigenvalue weighted by Crippen LogP contribution is -2.42. The van der Waals surface area contributed by atoms with E-state index in [0.717, 1.165) is 30.1 Å². The number of aryl methyl sites for hydroxylation is 2.